The summed E-state index contributed by atoms with van der Waals surface area (Å²) in [5.74, 6) is 0.497. The second-order valence-electron chi connectivity index (χ2n) is 6.40. The van der Waals surface area contributed by atoms with E-state index >= 15 is 0 Å². The molecule has 0 aliphatic rings. The van der Waals surface area contributed by atoms with Gasteiger partial charge >= 0.3 is 0 Å². The predicted octanol–water partition coefficient (Wildman–Crippen LogP) is 4.36. The Morgan fingerprint density at radius 3 is 1.97 bits per heavy atom. The summed E-state index contributed by atoms with van der Waals surface area (Å²) in [6, 6.07) is 22.7. The van der Waals surface area contributed by atoms with E-state index in [-0.39, 0.29) is 41.8 Å². The molecule has 33 heavy (non-hydrogen) atoms. The molecule has 0 aliphatic heterocycles. The number of hydrogen-bond acceptors (Lipinski definition) is 6. The third-order valence-electron chi connectivity index (χ3n) is 4.17. The number of hydrazone groups is 1. The topological polar surface area (TPSA) is 110 Å². The summed E-state index contributed by atoms with van der Waals surface area (Å²) < 4.78 is 0. The molecule has 9 heteroatoms. The van der Waals surface area contributed by atoms with E-state index in [2.05, 4.69) is 20.5 Å². The van der Waals surface area contributed by atoms with E-state index in [0.717, 1.165) is 5.39 Å². The molecule has 0 unspecified atom stereocenters. The number of fused-ring (bicyclic) bond motifs is 1. The average Bonchev–Trinajstić information content (AvgIpc) is 2.81. The molecule has 0 saturated carbocycles. The molecule has 3 aromatic carbocycles. The Kier molecular flexibility index (Phi) is 10.1. The summed E-state index contributed by atoms with van der Waals surface area (Å²) >= 11 is 4.98. The molecule has 0 bridgehead atoms. The van der Waals surface area contributed by atoms with Crippen molar-refractivity contribution >= 4 is 40.7 Å². The van der Waals surface area contributed by atoms with E-state index in [9.17, 15) is 15.3 Å². The van der Waals surface area contributed by atoms with E-state index < -0.39 is 0 Å². The van der Waals surface area contributed by atoms with Crippen LogP contribution in [0.4, 0.5) is 0 Å². The Morgan fingerprint density at radius 1 is 0.758 bits per heavy atom. The standard InChI is InChI=1S/C15H13N3O2S.C9H7NO.Zn/c19-13-7-3-1-5-11(13)9-16-15(21)18-17-10-12-6-2-4-8-14(12)20;11-8-5-1-3-7-4-2-6-10-9(7)8;/h1-10,19-20H,(H,18,21);1-6,11H;/b16-9+,17-10+;;. The largest absolute Gasteiger partial charge is 0.507 e. The molecule has 0 atom stereocenters. The number of phenols is 3. The van der Waals surface area contributed by atoms with Gasteiger partial charge in [-0.3, -0.25) is 10.4 Å². The van der Waals surface area contributed by atoms with Gasteiger partial charge in [0, 0.05) is 48.4 Å². The molecule has 4 N–H and O–H groups in total. The third-order valence-corrected chi connectivity index (χ3v) is 4.37. The molecular formula is C24H20N4O3SZn. The summed E-state index contributed by atoms with van der Waals surface area (Å²) in [5.41, 5.74) is 4.35. The first-order valence-corrected chi connectivity index (χ1v) is 9.91. The van der Waals surface area contributed by atoms with Crippen LogP contribution in [0, 0.1) is 0 Å². The van der Waals surface area contributed by atoms with Crippen LogP contribution in [0.2, 0.25) is 0 Å². The van der Waals surface area contributed by atoms with Crippen molar-refractivity contribution < 1.29 is 34.8 Å². The van der Waals surface area contributed by atoms with Crippen LogP contribution in [0.15, 0.2) is 95.2 Å². The smallest absolute Gasteiger partial charge is 0.213 e. The van der Waals surface area contributed by atoms with E-state index in [1.165, 1.54) is 12.4 Å². The minimum absolute atomic E-state index is 0. The molecule has 1 heterocycles. The van der Waals surface area contributed by atoms with Crippen molar-refractivity contribution in [3.05, 3.63) is 96.2 Å². The second-order valence-corrected chi connectivity index (χ2v) is 6.79. The van der Waals surface area contributed by atoms with Crippen molar-refractivity contribution in [3.63, 3.8) is 0 Å². The second kappa shape index (κ2) is 13.0. The molecule has 7 nitrogen and oxygen atoms in total. The zero-order valence-corrected chi connectivity index (χ0v) is 21.3. The third kappa shape index (κ3) is 7.75. The van der Waals surface area contributed by atoms with Crippen LogP contribution >= 0.6 is 12.2 Å². The Hall–Kier alpha value is -3.68. The molecule has 162 valence electrons. The van der Waals surface area contributed by atoms with Gasteiger partial charge in [0.05, 0.1) is 6.21 Å². The van der Waals surface area contributed by atoms with Crippen LogP contribution < -0.4 is 5.43 Å². The number of benzene rings is 3. The van der Waals surface area contributed by atoms with Gasteiger partial charge in [0.2, 0.25) is 5.11 Å². The molecule has 4 aromatic rings. The minimum atomic E-state index is 0. The van der Waals surface area contributed by atoms with Crippen LogP contribution in [-0.4, -0.2) is 37.8 Å². The number of aliphatic imine (C=N–C) groups is 1. The van der Waals surface area contributed by atoms with Crippen LogP contribution in [-0.2, 0) is 19.5 Å². The maximum Gasteiger partial charge on any atom is 0.213 e. The number of hydrogen-bond donors (Lipinski definition) is 4. The number of pyridine rings is 1. The Balaban J connectivity index is 0.000000270. The van der Waals surface area contributed by atoms with E-state index in [1.54, 1.807) is 66.9 Å². The fourth-order valence-electron chi connectivity index (χ4n) is 2.60. The number of para-hydroxylation sites is 3. The van der Waals surface area contributed by atoms with Gasteiger partial charge in [-0.1, -0.05) is 42.5 Å². The Bertz CT molecular complexity index is 1280. The number of phenolic OH excluding ortho intramolecular Hbond substituents is 3. The molecule has 0 aliphatic carbocycles. The molecule has 4 rings (SSSR count). The fourth-order valence-corrected chi connectivity index (χ4v) is 2.70. The van der Waals surface area contributed by atoms with Crippen molar-refractivity contribution in [2.75, 3.05) is 0 Å². The molecular weight excluding hydrogens is 490 g/mol. The zero-order valence-electron chi connectivity index (χ0n) is 17.5. The van der Waals surface area contributed by atoms with Gasteiger partial charge < -0.3 is 15.3 Å². The summed E-state index contributed by atoms with van der Waals surface area (Å²) in [7, 11) is 0. The monoisotopic (exact) mass is 508 g/mol. The SMILES string of the molecule is Oc1cccc2cccnc12.Oc1ccccc1/C=N/NC(=S)/N=C/c1ccccc1O.[Zn]. The maximum atomic E-state index is 9.57. The van der Waals surface area contributed by atoms with Crippen LogP contribution in [0.1, 0.15) is 11.1 Å². The summed E-state index contributed by atoms with van der Waals surface area (Å²) in [6.45, 7) is 0. The number of nitrogens with one attached hydrogen (secondary N) is 1. The first kappa shape index (κ1) is 25.6. The first-order chi connectivity index (χ1) is 15.5. The van der Waals surface area contributed by atoms with Crippen molar-refractivity contribution in [3.8, 4) is 17.2 Å². The predicted molar refractivity (Wildman–Crippen MR) is 131 cm³/mol. The zero-order chi connectivity index (χ0) is 22.8. The quantitative estimate of drug-likeness (QED) is 0.141. The van der Waals surface area contributed by atoms with E-state index in [1.807, 2.05) is 18.2 Å². The molecule has 0 radical (unpaired) electrons. The minimum Gasteiger partial charge on any atom is -0.507 e. The van der Waals surface area contributed by atoms with Gasteiger partial charge in [0.1, 0.15) is 22.8 Å². The molecule has 0 spiro atoms. The number of aromatic hydroxyl groups is 3. The van der Waals surface area contributed by atoms with Crippen molar-refractivity contribution in [2.24, 2.45) is 10.1 Å². The van der Waals surface area contributed by atoms with Crippen LogP contribution in [0.3, 0.4) is 0 Å². The molecule has 0 fully saturated rings. The van der Waals surface area contributed by atoms with E-state index in [0.29, 0.717) is 16.6 Å². The van der Waals surface area contributed by atoms with Crippen LogP contribution in [0.25, 0.3) is 10.9 Å². The average molecular weight is 510 g/mol. The molecule has 1 aromatic heterocycles. The van der Waals surface area contributed by atoms with Crippen molar-refractivity contribution in [2.45, 2.75) is 0 Å². The van der Waals surface area contributed by atoms with Gasteiger partial charge in [-0.2, -0.15) is 5.10 Å². The number of rotatable bonds is 3. The molecule has 0 amide bonds. The van der Waals surface area contributed by atoms with Gasteiger partial charge in [-0.15, -0.1) is 0 Å². The number of aromatic nitrogens is 1. The van der Waals surface area contributed by atoms with Gasteiger partial charge in [0.15, 0.2) is 0 Å². The van der Waals surface area contributed by atoms with Crippen molar-refractivity contribution in [1.82, 2.24) is 10.4 Å². The summed E-state index contributed by atoms with van der Waals surface area (Å²) in [4.78, 5) is 8.00. The number of nitrogens with zero attached hydrogens (tertiary/aromatic N) is 3. The van der Waals surface area contributed by atoms with Crippen molar-refractivity contribution in [1.29, 1.82) is 0 Å². The van der Waals surface area contributed by atoms with E-state index in [4.69, 9.17) is 12.2 Å². The Morgan fingerprint density at radius 2 is 1.33 bits per heavy atom. The fraction of sp³-hybridized carbons (Fsp3) is 0. The Labute approximate surface area is 208 Å². The first-order valence-electron chi connectivity index (χ1n) is 9.50. The number of thiocarbonyl (C=S) groups is 1. The summed E-state index contributed by atoms with van der Waals surface area (Å²) in [5, 5.41) is 33.4. The maximum absolute atomic E-state index is 9.57. The van der Waals surface area contributed by atoms with Gasteiger partial charge in [-0.25, -0.2) is 4.99 Å². The molecule has 0 saturated heterocycles. The van der Waals surface area contributed by atoms with Gasteiger partial charge in [0.25, 0.3) is 0 Å². The van der Waals surface area contributed by atoms with Gasteiger partial charge in [-0.05, 0) is 48.6 Å². The van der Waals surface area contributed by atoms with Crippen LogP contribution in [0.5, 0.6) is 17.2 Å². The normalized spacial score (nSPS) is 10.4. The summed E-state index contributed by atoms with van der Waals surface area (Å²) in [6.07, 6.45) is 4.55.